The molecule has 2 nitrogen and oxygen atoms in total. The van der Waals surface area contributed by atoms with Gasteiger partial charge in [-0.05, 0) is 43.9 Å². The van der Waals surface area contributed by atoms with Gasteiger partial charge in [0.2, 0.25) is 0 Å². The van der Waals surface area contributed by atoms with Crippen molar-refractivity contribution >= 4 is 11.8 Å². The molecule has 0 saturated heterocycles. The first-order valence-electron chi connectivity index (χ1n) is 6.91. The molecule has 0 radical (unpaired) electrons. The first-order chi connectivity index (χ1) is 8.95. The molecule has 1 aliphatic rings. The summed E-state index contributed by atoms with van der Waals surface area (Å²) in [5.41, 5.74) is 0. The topological polar surface area (TPSA) is 21.3 Å². The predicted molar refractivity (Wildman–Crippen MR) is 78.2 cm³/mol. The Hall–Kier alpha value is -0.510. The van der Waals surface area contributed by atoms with Crippen LogP contribution in [0.4, 0.5) is 0 Å². The molecule has 0 amide bonds. The van der Waals surface area contributed by atoms with Gasteiger partial charge in [-0.15, -0.1) is 11.8 Å². The van der Waals surface area contributed by atoms with Gasteiger partial charge >= 0.3 is 0 Å². The summed E-state index contributed by atoms with van der Waals surface area (Å²) < 4.78 is 5.59. The van der Waals surface area contributed by atoms with Gasteiger partial charge in [-0.3, -0.25) is 0 Å². The third kappa shape index (κ3) is 6.43. The molecule has 1 saturated carbocycles. The minimum atomic E-state index is 0.889. The molecule has 0 unspecified atom stereocenters. The summed E-state index contributed by atoms with van der Waals surface area (Å²) in [7, 11) is 0. The number of nitrogens with one attached hydrogen (secondary N) is 1. The van der Waals surface area contributed by atoms with E-state index in [2.05, 4.69) is 35.6 Å². The van der Waals surface area contributed by atoms with Crippen LogP contribution in [0.3, 0.4) is 0 Å². The van der Waals surface area contributed by atoms with Crippen LogP contribution in [0.25, 0.3) is 0 Å². The predicted octanol–water partition coefficient (Wildman–Crippen LogP) is 3.19. The molecule has 1 aromatic rings. The Labute approximate surface area is 114 Å². The first-order valence-corrected chi connectivity index (χ1v) is 7.90. The van der Waals surface area contributed by atoms with Gasteiger partial charge in [0, 0.05) is 30.4 Å². The molecule has 0 spiro atoms. The second-order valence-corrected chi connectivity index (χ2v) is 5.95. The molecule has 2 rings (SSSR count). The van der Waals surface area contributed by atoms with Gasteiger partial charge in [0.25, 0.3) is 0 Å². The molecule has 1 aliphatic carbocycles. The highest BCUT2D eigenvalue weighted by molar-refractivity contribution is 7.99. The maximum atomic E-state index is 5.59. The van der Waals surface area contributed by atoms with Crippen molar-refractivity contribution in [1.29, 1.82) is 0 Å². The number of hydrogen-bond donors (Lipinski definition) is 1. The summed E-state index contributed by atoms with van der Waals surface area (Å²) in [6.07, 6.45) is 3.90. The largest absolute Gasteiger partial charge is 0.381 e. The summed E-state index contributed by atoms with van der Waals surface area (Å²) in [5, 5.41) is 3.46. The van der Waals surface area contributed by atoms with Crippen LogP contribution in [0.5, 0.6) is 0 Å². The highest BCUT2D eigenvalue weighted by atomic mass is 32.2. The van der Waals surface area contributed by atoms with Crippen molar-refractivity contribution in [3.63, 3.8) is 0 Å². The fourth-order valence-electron chi connectivity index (χ4n) is 1.72. The fraction of sp³-hybridized carbons (Fsp3) is 0.600. The maximum absolute atomic E-state index is 5.59. The average molecular weight is 265 g/mol. The van der Waals surface area contributed by atoms with E-state index in [1.807, 2.05) is 11.8 Å². The van der Waals surface area contributed by atoms with E-state index in [1.165, 1.54) is 17.7 Å². The maximum Gasteiger partial charge on any atom is 0.0494 e. The summed E-state index contributed by atoms with van der Waals surface area (Å²) in [5.74, 6) is 2.02. The van der Waals surface area contributed by atoms with Gasteiger partial charge in [0.05, 0.1) is 0 Å². The third-order valence-corrected chi connectivity index (χ3v) is 4.00. The monoisotopic (exact) mass is 265 g/mol. The number of hydrogen-bond acceptors (Lipinski definition) is 3. The molecule has 0 heterocycles. The molecular weight excluding hydrogens is 242 g/mol. The number of ether oxygens (including phenoxy) is 1. The van der Waals surface area contributed by atoms with E-state index in [0.29, 0.717) is 0 Å². The molecule has 1 aromatic carbocycles. The minimum absolute atomic E-state index is 0.889. The van der Waals surface area contributed by atoms with E-state index in [0.717, 1.165) is 44.4 Å². The van der Waals surface area contributed by atoms with Crippen molar-refractivity contribution < 1.29 is 4.74 Å². The quantitative estimate of drug-likeness (QED) is 0.518. The number of benzene rings is 1. The van der Waals surface area contributed by atoms with Gasteiger partial charge in [-0.25, -0.2) is 0 Å². The summed E-state index contributed by atoms with van der Waals surface area (Å²) in [6.45, 7) is 4.04. The summed E-state index contributed by atoms with van der Waals surface area (Å²) >= 11 is 1.91. The van der Waals surface area contributed by atoms with Crippen LogP contribution in [0, 0.1) is 5.92 Å². The van der Waals surface area contributed by atoms with Crippen LogP contribution in [0.2, 0.25) is 0 Å². The highest BCUT2D eigenvalue weighted by Gasteiger charge is 2.20. The van der Waals surface area contributed by atoms with Gasteiger partial charge in [0.15, 0.2) is 0 Å². The van der Waals surface area contributed by atoms with Crippen molar-refractivity contribution in [2.45, 2.75) is 24.2 Å². The second-order valence-electron chi connectivity index (χ2n) is 4.78. The molecular formula is C15H23NOS. The molecule has 100 valence electrons. The van der Waals surface area contributed by atoms with Gasteiger partial charge in [-0.1, -0.05) is 18.2 Å². The zero-order chi connectivity index (χ0) is 12.5. The van der Waals surface area contributed by atoms with Crippen LogP contribution >= 0.6 is 11.8 Å². The van der Waals surface area contributed by atoms with E-state index in [9.17, 15) is 0 Å². The van der Waals surface area contributed by atoms with E-state index in [1.54, 1.807) is 0 Å². The fourth-order valence-corrected chi connectivity index (χ4v) is 2.55. The van der Waals surface area contributed by atoms with E-state index in [-0.39, 0.29) is 0 Å². The van der Waals surface area contributed by atoms with Crippen molar-refractivity contribution in [1.82, 2.24) is 5.32 Å². The Balaban J connectivity index is 1.35. The van der Waals surface area contributed by atoms with Crippen LogP contribution in [0.15, 0.2) is 35.2 Å². The Morgan fingerprint density at radius 1 is 1.17 bits per heavy atom. The molecule has 0 atom stereocenters. The van der Waals surface area contributed by atoms with Crippen LogP contribution in [-0.4, -0.2) is 32.1 Å². The molecule has 1 N–H and O–H groups in total. The smallest absolute Gasteiger partial charge is 0.0494 e. The zero-order valence-corrected chi connectivity index (χ0v) is 11.8. The molecule has 18 heavy (non-hydrogen) atoms. The Morgan fingerprint density at radius 3 is 2.78 bits per heavy atom. The molecule has 3 heteroatoms. The molecule has 0 aromatic heterocycles. The zero-order valence-electron chi connectivity index (χ0n) is 10.9. The van der Waals surface area contributed by atoms with E-state index < -0.39 is 0 Å². The van der Waals surface area contributed by atoms with E-state index in [4.69, 9.17) is 4.74 Å². The lowest BCUT2D eigenvalue weighted by atomic mass is 10.4. The Kier molecular flexibility index (Phi) is 6.62. The number of thioether (sulfide) groups is 1. The lowest BCUT2D eigenvalue weighted by molar-refractivity contribution is 0.122. The third-order valence-electron chi connectivity index (χ3n) is 2.98. The Morgan fingerprint density at radius 2 is 2.00 bits per heavy atom. The second kappa shape index (κ2) is 8.57. The van der Waals surface area contributed by atoms with Crippen LogP contribution in [-0.2, 0) is 4.74 Å². The van der Waals surface area contributed by atoms with Crippen molar-refractivity contribution in [2.75, 3.05) is 32.1 Å². The van der Waals surface area contributed by atoms with Crippen LogP contribution in [0.1, 0.15) is 19.3 Å². The average Bonchev–Trinajstić information content (AvgIpc) is 3.22. The standard InChI is InChI=1S/C15H23NOS/c1-2-5-15(6-3-1)18-12-10-16-9-4-11-17-13-14-7-8-14/h1-3,5-6,14,16H,4,7-13H2. The van der Waals surface area contributed by atoms with Gasteiger partial charge < -0.3 is 10.1 Å². The molecule has 0 bridgehead atoms. The van der Waals surface area contributed by atoms with Gasteiger partial charge in [0.1, 0.15) is 0 Å². The summed E-state index contributed by atoms with van der Waals surface area (Å²) in [4.78, 5) is 1.35. The highest BCUT2D eigenvalue weighted by Crippen LogP contribution is 2.28. The normalized spacial score (nSPS) is 14.9. The van der Waals surface area contributed by atoms with Crippen LogP contribution < -0.4 is 5.32 Å². The molecule has 1 fully saturated rings. The minimum Gasteiger partial charge on any atom is -0.381 e. The van der Waals surface area contributed by atoms with Crippen molar-refractivity contribution in [3.8, 4) is 0 Å². The van der Waals surface area contributed by atoms with Crippen molar-refractivity contribution in [3.05, 3.63) is 30.3 Å². The van der Waals surface area contributed by atoms with E-state index >= 15 is 0 Å². The summed E-state index contributed by atoms with van der Waals surface area (Å²) in [6, 6.07) is 10.6. The lowest BCUT2D eigenvalue weighted by Crippen LogP contribution is -2.19. The Bertz CT molecular complexity index is 314. The first kappa shape index (κ1) is 13.9. The number of rotatable bonds is 10. The van der Waals surface area contributed by atoms with Gasteiger partial charge in [-0.2, -0.15) is 0 Å². The molecule has 0 aliphatic heterocycles. The lowest BCUT2D eigenvalue weighted by Gasteiger charge is -2.05. The SMILES string of the molecule is c1ccc(SCCNCCCOCC2CC2)cc1. The van der Waals surface area contributed by atoms with Crippen molar-refractivity contribution in [2.24, 2.45) is 5.92 Å².